The number of halogens is 2. The second-order valence-electron chi connectivity index (χ2n) is 4.76. The molecule has 2 unspecified atom stereocenters. The SMILES string of the molecule is COc1ccc(C(=O)N2CC(CCl)OCC2C)c(F)c1. The van der Waals surface area contributed by atoms with Crippen LogP contribution in [0.3, 0.4) is 0 Å². The Morgan fingerprint density at radius 1 is 1.60 bits per heavy atom. The molecule has 2 rings (SSSR count). The summed E-state index contributed by atoms with van der Waals surface area (Å²) in [5, 5.41) is 0. The highest BCUT2D eigenvalue weighted by molar-refractivity contribution is 6.18. The third-order valence-electron chi connectivity index (χ3n) is 3.35. The summed E-state index contributed by atoms with van der Waals surface area (Å²) in [6.07, 6.45) is -0.210. The number of methoxy groups -OCH3 is 1. The highest BCUT2D eigenvalue weighted by Gasteiger charge is 2.31. The number of carbonyl (C=O) groups excluding carboxylic acids is 1. The molecule has 0 spiro atoms. The fourth-order valence-corrected chi connectivity index (χ4v) is 2.33. The molecule has 0 N–H and O–H groups in total. The number of rotatable bonds is 3. The van der Waals surface area contributed by atoms with Gasteiger partial charge in [-0.25, -0.2) is 4.39 Å². The van der Waals surface area contributed by atoms with Crippen LogP contribution in [0.5, 0.6) is 5.75 Å². The van der Waals surface area contributed by atoms with Crippen molar-refractivity contribution in [1.82, 2.24) is 4.90 Å². The van der Waals surface area contributed by atoms with E-state index in [0.29, 0.717) is 24.8 Å². The van der Waals surface area contributed by atoms with Crippen LogP contribution in [0.4, 0.5) is 4.39 Å². The fraction of sp³-hybridized carbons (Fsp3) is 0.500. The van der Waals surface area contributed by atoms with Gasteiger partial charge in [0, 0.05) is 12.6 Å². The molecule has 4 nitrogen and oxygen atoms in total. The van der Waals surface area contributed by atoms with E-state index in [0.717, 1.165) is 0 Å². The van der Waals surface area contributed by atoms with Crippen LogP contribution in [0.2, 0.25) is 0 Å². The summed E-state index contributed by atoms with van der Waals surface area (Å²) in [7, 11) is 1.45. The molecule has 20 heavy (non-hydrogen) atoms. The maximum absolute atomic E-state index is 14.0. The average molecular weight is 302 g/mol. The fourth-order valence-electron chi connectivity index (χ4n) is 2.14. The molecular formula is C14H17ClFNO3. The summed E-state index contributed by atoms with van der Waals surface area (Å²) in [5.74, 6) is -0.249. The van der Waals surface area contributed by atoms with E-state index in [-0.39, 0.29) is 23.6 Å². The van der Waals surface area contributed by atoms with Crippen molar-refractivity contribution < 1.29 is 18.7 Å². The number of benzene rings is 1. The zero-order valence-electron chi connectivity index (χ0n) is 11.4. The number of alkyl halides is 1. The molecular weight excluding hydrogens is 285 g/mol. The summed E-state index contributed by atoms with van der Waals surface area (Å²) in [4.78, 5) is 14.0. The predicted octanol–water partition coefficient (Wildman–Crippen LogP) is 2.30. The van der Waals surface area contributed by atoms with Crippen molar-refractivity contribution >= 4 is 17.5 Å². The van der Waals surface area contributed by atoms with Crippen LogP contribution >= 0.6 is 11.6 Å². The van der Waals surface area contributed by atoms with E-state index < -0.39 is 5.82 Å². The third-order valence-corrected chi connectivity index (χ3v) is 3.69. The first kappa shape index (κ1) is 15.1. The van der Waals surface area contributed by atoms with Gasteiger partial charge in [-0.2, -0.15) is 0 Å². The highest BCUT2D eigenvalue weighted by atomic mass is 35.5. The molecule has 1 aliphatic rings. The van der Waals surface area contributed by atoms with Gasteiger partial charge in [0.15, 0.2) is 0 Å². The molecule has 1 aromatic carbocycles. The Kier molecular flexibility index (Phi) is 4.83. The third kappa shape index (κ3) is 3.04. The van der Waals surface area contributed by atoms with Crippen molar-refractivity contribution in [2.75, 3.05) is 26.1 Å². The van der Waals surface area contributed by atoms with Gasteiger partial charge in [0.1, 0.15) is 11.6 Å². The van der Waals surface area contributed by atoms with Crippen molar-refractivity contribution in [2.45, 2.75) is 19.1 Å². The zero-order chi connectivity index (χ0) is 14.7. The van der Waals surface area contributed by atoms with Crippen LogP contribution in [0, 0.1) is 5.82 Å². The van der Waals surface area contributed by atoms with Gasteiger partial charge in [-0.15, -0.1) is 11.6 Å². The number of carbonyl (C=O) groups is 1. The van der Waals surface area contributed by atoms with Gasteiger partial charge in [-0.05, 0) is 19.1 Å². The number of hydrogen-bond acceptors (Lipinski definition) is 3. The van der Waals surface area contributed by atoms with Gasteiger partial charge < -0.3 is 14.4 Å². The van der Waals surface area contributed by atoms with Crippen molar-refractivity contribution in [3.63, 3.8) is 0 Å². The van der Waals surface area contributed by atoms with E-state index >= 15 is 0 Å². The van der Waals surface area contributed by atoms with Crippen LogP contribution in [-0.4, -0.2) is 49.1 Å². The molecule has 1 aromatic rings. The van der Waals surface area contributed by atoms with Crippen LogP contribution in [0.25, 0.3) is 0 Å². The number of morpholine rings is 1. The van der Waals surface area contributed by atoms with E-state index in [1.54, 1.807) is 11.0 Å². The Morgan fingerprint density at radius 3 is 2.95 bits per heavy atom. The van der Waals surface area contributed by atoms with Gasteiger partial charge in [0.05, 0.1) is 37.3 Å². The predicted molar refractivity (Wildman–Crippen MR) is 73.9 cm³/mol. The molecule has 110 valence electrons. The average Bonchev–Trinajstić information content (AvgIpc) is 2.47. The van der Waals surface area contributed by atoms with Gasteiger partial charge in [-0.1, -0.05) is 0 Å². The molecule has 0 radical (unpaired) electrons. The van der Waals surface area contributed by atoms with E-state index in [1.807, 2.05) is 6.92 Å². The molecule has 1 amide bonds. The molecule has 0 saturated carbocycles. The Balaban J connectivity index is 2.21. The molecule has 6 heteroatoms. The number of hydrogen-bond donors (Lipinski definition) is 0. The Bertz CT molecular complexity index is 497. The lowest BCUT2D eigenvalue weighted by Crippen LogP contribution is -2.51. The Hall–Kier alpha value is -1.33. The lowest BCUT2D eigenvalue weighted by Gasteiger charge is -2.37. The first-order valence-electron chi connectivity index (χ1n) is 6.39. The Morgan fingerprint density at radius 2 is 2.35 bits per heavy atom. The first-order chi connectivity index (χ1) is 9.56. The van der Waals surface area contributed by atoms with Crippen molar-refractivity contribution in [2.24, 2.45) is 0 Å². The maximum atomic E-state index is 14.0. The van der Waals surface area contributed by atoms with Gasteiger partial charge in [0.2, 0.25) is 0 Å². The molecule has 0 bridgehead atoms. The van der Waals surface area contributed by atoms with Crippen LogP contribution < -0.4 is 4.74 Å². The second kappa shape index (κ2) is 6.41. The number of amides is 1. The molecule has 1 heterocycles. The smallest absolute Gasteiger partial charge is 0.257 e. The molecule has 0 aliphatic carbocycles. The van der Waals surface area contributed by atoms with E-state index in [1.165, 1.54) is 19.2 Å². The van der Waals surface area contributed by atoms with Gasteiger partial charge >= 0.3 is 0 Å². The molecule has 1 saturated heterocycles. The van der Waals surface area contributed by atoms with E-state index in [9.17, 15) is 9.18 Å². The molecule has 1 fully saturated rings. The lowest BCUT2D eigenvalue weighted by molar-refractivity contribution is -0.0373. The second-order valence-corrected chi connectivity index (χ2v) is 5.07. The number of nitrogens with zero attached hydrogens (tertiary/aromatic N) is 1. The monoisotopic (exact) mass is 301 g/mol. The highest BCUT2D eigenvalue weighted by Crippen LogP contribution is 2.21. The summed E-state index contributed by atoms with van der Waals surface area (Å²) in [5.41, 5.74) is 0.0351. The Labute approximate surface area is 122 Å². The minimum absolute atomic E-state index is 0.0351. The summed E-state index contributed by atoms with van der Waals surface area (Å²) >= 11 is 5.76. The van der Waals surface area contributed by atoms with Gasteiger partial charge in [0.25, 0.3) is 5.91 Å². The standard InChI is InChI=1S/C14H17ClFNO3/c1-9-8-20-11(6-15)7-17(9)14(18)12-4-3-10(19-2)5-13(12)16/h3-5,9,11H,6-8H2,1-2H3. The minimum Gasteiger partial charge on any atom is -0.497 e. The molecule has 0 aromatic heterocycles. The summed E-state index contributed by atoms with van der Waals surface area (Å²) < 4.78 is 24.4. The van der Waals surface area contributed by atoms with E-state index in [4.69, 9.17) is 21.1 Å². The largest absolute Gasteiger partial charge is 0.497 e. The van der Waals surface area contributed by atoms with E-state index in [2.05, 4.69) is 0 Å². The molecule has 2 atom stereocenters. The summed E-state index contributed by atoms with van der Waals surface area (Å²) in [6.45, 7) is 2.64. The normalized spacial score (nSPS) is 22.7. The van der Waals surface area contributed by atoms with Crippen LogP contribution in [0.1, 0.15) is 17.3 Å². The topological polar surface area (TPSA) is 38.8 Å². The van der Waals surface area contributed by atoms with Crippen LogP contribution in [-0.2, 0) is 4.74 Å². The summed E-state index contributed by atoms with van der Waals surface area (Å²) in [6, 6.07) is 4.11. The lowest BCUT2D eigenvalue weighted by atomic mass is 10.1. The van der Waals surface area contributed by atoms with Gasteiger partial charge in [-0.3, -0.25) is 4.79 Å². The van der Waals surface area contributed by atoms with Crippen LogP contribution in [0.15, 0.2) is 18.2 Å². The number of ether oxygens (including phenoxy) is 2. The zero-order valence-corrected chi connectivity index (χ0v) is 12.2. The first-order valence-corrected chi connectivity index (χ1v) is 6.92. The van der Waals surface area contributed by atoms with Crippen molar-refractivity contribution in [3.05, 3.63) is 29.6 Å². The molecule has 1 aliphatic heterocycles. The maximum Gasteiger partial charge on any atom is 0.257 e. The minimum atomic E-state index is -0.588. The van der Waals surface area contributed by atoms with Crippen molar-refractivity contribution in [3.8, 4) is 5.75 Å². The van der Waals surface area contributed by atoms with Crippen molar-refractivity contribution in [1.29, 1.82) is 0 Å². The quantitative estimate of drug-likeness (QED) is 0.804.